The van der Waals surface area contributed by atoms with Crippen molar-refractivity contribution < 1.29 is 9.59 Å². The van der Waals surface area contributed by atoms with Gasteiger partial charge in [0.05, 0.1) is 0 Å². The van der Waals surface area contributed by atoms with Crippen LogP contribution in [-0.2, 0) is 9.59 Å². The fraction of sp³-hybridized carbons (Fsp3) is 0. The van der Waals surface area contributed by atoms with Gasteiger partial charge >= 0.3 is 0 Å². The largest absolute Gasteiger partial charge is 0.366 e. The Morgan fingerprint density at radius 1 is 1.06 bits per heavy atom. The molecule has 1 aromatic carbocycles. The normalized spacial score (nSPS) is 9.00. The first-order valence-electron chi connectivity index (χ1n) is 4.50. The second-order valence-electron chi connectivity index (χ2n) is 2.75. The number of nitrogens with two attached hydrogens (primary N) is 2. The van der Waals surface area contributed by atoms with Gasteiger partial charge in [-0.2, -0.15) is 0 Å². The van der Waals surface area contributed by atoms with Gasteiger partial charge in [0.15, 0.2) is 0 Å². The summed E-state index contributed by atoms with van der Waals surface area (Å²) >= 11 is 0. The Morgan fingerprint density at radius 2 is 1.56 bits per heavy atom. The van der Waals surface area contributed by atoms with E-state index >= 15 is 0 Å². The summed E-state index contributed by atoms with van der Waals surface area (Å²) in [4.78, 5) is 19.8. The van der Waals surface area contributed by atoms with Gasteiger partial charge in [0.2, 0.25) is 11.8 Å². The lowest BCUT2D eigenvalue weighted by Crippen LogP contribution is -2.04. The van der Waals surface area contributed by atoms with Crippen molar-refractivity contribution in [1.82, 2.24) is 0 Å². The predicted molar refractivity (Wildman–Crippen MR) is 64.1 cm³/mol. The lowest BCUT2D eigenvalue weighted by molar-refractivity contribution is -0.114. The molecule has 1 aromatic rings. The standard InChI is InChI=1S/C9H9NO.C3H5NO/c10-9(11)7-6-8-4-2-1-3-5-8;1-2-3(4)5/h1-7H,(H2,10,11);2H,1H2,(H2,4,5)/b7-6+;. The van der Waals surface area contributed by atoms with Crippen LogP contribution in [-0.4, -0.2) is 11.8 Å². The third-order valence-electron chi connectivity index (χ3n) is 1.44. The smallest absolute Gasteiger partial charge is 0.241 e. The van der Waals surface area contributed by atoms with Crippen LogP contribution in [0.5, 0.6) is 0 Å². The summed E-state index contributed by atoms with van der Waals surface area (Å²) in [5, 5.41) is 0. The van der Waals surface area contributed by atoms with Gasteiger partial charge < -0.3 is 11.5 Å². The lowest BCUT2D eigenvalue weighted by Gasteiger charge is -1.88. The maximum Gasteiger partial charge on any atom is 0.241 e. The quantitative estimate of drug-likeness (QED) is 0.736. The maximum atomic E-state index is 10.3. The van der Waals surface area contributed by atoms with E-state index in [1.54, 1.807) is 6.08 Å². The number of carbonyl (C=O) groups excluding carboxylic acids is 2. The van der Waals surface area contributed by atoms with E-state index in [0.29, 0.717) is 0 Å². The van der Waals surface area contributed by atoms with Gasteiger partial charge in [-0.1, -0.05) is 36.9 Å². The number of rotatable bonds is 3. The van der Waals surface area contributed by atoms with Gasteiger partial charge in [0.1, 0.15) is 0 Å². The van der Waals surface area contributed by atoms with Gasteiger partial charge in [0, 0.05) is 6.08 Å². The summed E-state index contributed by atoms with van der Waals surface area (Å²) in [7, 11) is 0. The highest BCUT2D eigenvalue weighted by Crippen LogP contribution is 1.99. The van der Waals surface area contributed by atoms with Crippen molar-refractivity contribution in [2.24, 2.45) is 11.5 Å². The number of primary amides is 2. The Hall–Kier alpha value is -2.36. The molecule has 0 fully saturated rings. The molecule has 0 heterocycles. The zero-order chi connectivity index (χ0) is 12.4. The molecule has 0 unspecified atom stereocenters. The van der Waals surface area contributed by atoms with E-state index in [0.717, 1.165) is 11.6 Å². The third kappa shape index (κ3) is 8.25. The molecule has 84 valence electrons. The molecule has 16 heavy (non-hydrogen) atoms. The molecule has 0 atom stereocenters. The Kier molecular flexibility index (Phi) is 6.81. The highest BCUT2D eigenvalue weighted by atomic mass is 16.1. The van der Waals surface area contributed by atoms with Crippen LogP contribution >= 0.6 is 0 Å². The van der Waals surface area contributed by atoms with Crippen LogP contribution in [0.4, 0.5) is 0 Å². The van der Waals surface area contributed by atoms with E-state index in [1.165, 1.54) is 6.08 Å². The van der Waals surface area contributed by atoms with E-state index in [2.05, 4.69) is 12.3 Å². The first-order valence-corrected chi connectivity index (χ1v) is 4.50. The molecule has 0 saturated heterocycles. The second kappa shape index (κ2) is 7.99. The molecule has 0 bridgehead atoms. The molecular formula is C12H14N2O2. The number of benzene rings is 1. The molecule has 0 aromatic heterocycles. The molecule has 1 rings (SSSR count). The molecule has 4 N–H and O–H groups in total. The molecule has 4 nitrogen and oxygen atoms in total. The van der Waals surface area contributed by atoms with E-state index in [1.807, 2.05) is 30.3 Å². The van der Waals surface area contributed by atoms with E-state index in [9.17, 15) is 9.59 Å². The van der Waals surface area contributed by atoms with E-state index in [-0.39, 0.29) is 0 Å². The summed E-state index contributed by atoms with van der Waals surface area (Å²) in [6, 6.07) is 9.53. The Bertz CT molecular complexity index is 383. The Labute approximate surface area is 94.3 Å². The number of hydrogen-bond acceptors (Lipinski definition) is 2. The molecule has 0 spiro atoms. The van der Waals surface area contributed by atoms with Crippen molar-refractivity contribution in [3.05, 3.63) is 54.6 Å². The predicted octanol–water partition coefficient (Wildman–Crippen LogP) is 0.843. The van der Waals surface area contributed by atoms with Gasteiger partial charge in [-0.15, -0.1) is 0 Å². The maximum absolute atomic E-state index is 10.3. The number of hydrogen-bond donors (Lipinski definition) is 2. The van der Waals surface area contributed by atoms with E-state index < -0.39 is 11.8 Å². The van der Waals surface area contributed by atoms with Crippen LogP contribution in [0.3, 0.4) is 0 Å². The van der Waals surface area contributed by atoms with Crippen LogP contribution in [0.25, 0.3) is 6.08 Å². The molecule has 4 heteroatoms. The summed E-state index contributed by atoms with van der Waals surface area (Å²) in [5.74, 6) is -0.904. The summed E-state index contributed by atoms with van der Waals surface area (Å²) < 4.78 is 0. The highest BCUT2D eigenvalue weighted by molar-refractivity contribution is 5.90. The van der Waals surface area contributed by atoms with Gasteiger partial charge in [0.25, 0.3) is 0 Å². The van der Waals surface area contributed by atoms with Crippen molar-refractivity contribution >= 4 is 17.9 Å². The first-order chi connectivity index (χ1) is 7.56. The Morgan fingerprint density at radius 3 is 1.94 bits per heavy atom. The molecule has 0 aliphatic heterocycles. The average molecular weight is 218 g/mol. The molecule has 0 saturated carbocycles. The first kappa shape index (κ1) is 13.6. The third-order valence-corrected chi connectivity index (χ3v) is 1.44. The second-order valence-corrected chi connectivity index (χ2v) is 2.75. The van der Waals surface area contributed by atoms with Crippen LogP contribution in [0, 0.1) is 0 Å². The summed E-state index contributed by atoms with van der Waals surface area (Å²) in [6.45, 7) is 3.09. The Balaban J connectivity index is 0.000000385. The van der Waals surface area contributed by atoms with Crippen molar-refractivity contribution in [2.75, 3.05) is 0 Å². The minimum Gasteiger partial charge on any atom is -0.366 e. The van der Waals surface area contributed by atoms with Crippen molar-refractivity contribution in [3.8, 4) is 0 Å². The fourth-order valence-corrected chi connectivity index (χ4v) is 0.743. The van der Waals surface area contributed by atoms with Crippen molar-refractivity contribution in [1.29, 1.82) is 0 Å². The highest BCUT2D eigenvalue weighted by Gasteiger charge is 1.84. The van der Waals surface area contributed by atoms with Crippen LogP contribution < -0.4 is 11.5 Å². The molecular weight excluding hydrogens is 204 g/mol. The topological polar surface area (TPSA) is 86.2 Å². The van der Waals surface area contributed by atoms with Gasteiger partial charge in [-0.25, -0.2) is 0 Å². The number of carbonyl (C=O) groups is 2. The van der Waals surface area contributed by atoms with Crippen molar-refractivity contribution in [2.45, 2.75) is 0 Å². The van der Waals surface area contributed by atoms with Gasteiger partial charge in [-0.05, 0) is 17.7 Å². The van der Waals surface area contributed by atoms with Gasteiger partial charge in [-0.3, -0.25) is 9.59 Å². The average Bonchev–Trinajstić information content (AvgIpc) is 2.28. The minimum absolute atomic E-state index is 0.422. The molecule has 0 aliphatic carbocycles. The summed E-state index contributed by atoms with van der Waals surface area (Å²) in [5.41, 5.74) is 10.4. The van der Waals surface area contributed by atoms with Crippen LogP contribution in [0.15, 0.2) is 49.1 Å². The molecule has 0 radical (unpaired) electrons. The monoisotopic (exact) mass is 218 g/mol. The number of amides is 2. The summed E-state index contributed by atoms with van der Waals surface area (Å²) in [6.07, 6.45) is 4.08. The molecule has 0 aliphatic rings. The van der Waals surface area contributed by atoms with Crippen molar-refractivity contribution in [3.63, 3.8) is 0 Å². The SMILES string of the molecule is C=CC(N)=O.NC(=O)/C=C/c1ccccc1. The fourth-order valence-electron chi connectivity index (χ4n) is 0.743. The van der Waals surface area contributed by atoms with E-state index in [4.69, 9.17) is 5.73 Å². The van der Waals surface area contributed by atoms with Crippen LogP contribution in [0.2, 0.25) is 0 Å². The zero-order valence-electron chi connectivity index (χ0n) is 8.80. The minimum atomic E-state index is -0.481. The zero-order valence-corrected chi connectivity index (χ0v) is 8.80. The lowest BCUT2D eigenvalue weighted by atomic mass is 10.2. The molecule has 2 amide bonds. The van der Waals surface area contributed by atoms with Crippen LogP contribution in [0.1, 0.15) is 5.56 Å².